The van der Waals surface area contributed by atoms with E-state index in [9.17, 15) is 19.4 Å². The highest BCUT2D eigenvalue weighted by atomic mass is 31.2. The van der Waals surface area contributed by atoms with Crippen LogP contribution in [0.25, 0.3) is 0 Å². The van der Waals surface area contributed by atoms with Gasteiger partial charge >= 0.3 is 7.82 Å². The largest absolute Gasteiger partial charge is 0.472 e. The molecule has 0 aromatic heterocycles. The molecule has 508 valence electrons. The fourth-order valence-corrected chi connectivity index (χ4v) is 12.5. The molecule has 0 aromatic carbocycles. The lowest BCUT2D eigenvalue weighted by Crippen LogP contribution is -2.46. The van der Waals surface area contributed by atoms with Crippen molar-refractivity contribution in [3.63, 3.8) is 0 Å². The standard InChI is InChI=1S/C77H149N2O6P/c1-6-8-10-12-14-16-18-20-22-24-26-28-30-31-32-33-34-35-36-37-38-39-40-41-42-43-44-45-46-47-49-51-53-55-57-59-61-63-65-67-69-71-77(81)78-75(74-85-86(82,83)84-73-72-79(3,4)5)76(80)70-68-66-64-62-60-58-56-54-52-50-48-29-27-25-23-21-19-17-15-13-11-9-7-2/h8,10,14,16,20,22,26,28,75-76,80H,6-7,9,11-13,15,17-19,21,23-25,27,29-74H2,1-5H3,(H-,78,81,82,83)/p+1/b10-8-,16-14-,22-20-,28-26-. The number of likely N-dealkylation sites (N-methyl/N-ethyl adjacent to an activating group) is 1. The summed E-state index contributed by atoms with van der Waals surface area (Å²) in [6.07, 6.45) is 92.5. The van der Waals surface area contributed by atoms with Gasteiger partial charge in [0.1, 0.15) is 13.2 Å². The molecule has 0 heterocycles. The summed E-state index contributed by atoms with van der Waals surface area (Å²) in [5, 5.41) is 14.2. The molecule has 0 saturated heterocycles. The van der Waals surface area contributed by atoms with Crippen LogP contribution in [0.2, 0.25) is 0 Å². The summed E-state index contributed by atoms with van der Waals surface area (Å²) in [6.45, 7) is 4.84. The monoisotopic (exact) mass is 1230 g/mol. The average molecular weight is 1230 g/mol. The van der Waals surface area contributed by atoms with E-state index in [1.165, 1.54) is 295 Å². The number of aliphatic hydroxyl groups is 1. The van der Waals surface area contributed by atoms with E-state index >= 15 is 0 Å². The van der Waals surface area contributed by atoms with Gasteiger partial charge < -0.3 is 19.8 Å². The van der Waals surface area contributed by atoms with Crippen molar-refractivity contribution in [3.8, 4) is 0 Å². The van der Waals surface area contributed by atoms with Gasteiger partial charge in [-0.15, -0.1) is 0 Å². The van der Waals surface area contributed by atoms with Gasteiger partial charge in [-0.2, -0.15) is 0 Å². The molecule has 3 atom stereocenters. The molecule has 0 aliphatic heterocycles. The lowest BCUT2D eigenvalue weighted by Gasteiger charge is -2.26. The van der Waals surface area contributed by atoms with Crippen molar-refractivity contribution in [2.45, 2.75) is 398 Å². The van der Waals surface area contributed by atoms with Crippen LogP contribution in [-0.2, 0) is 18.4 Å². The summed E-state index contributed by atoms with van der Waals surface area (Å²) >= 11 is 0. The number of nitrogens with one attached hydrogen (secondary N) is 1. The number of allylic oxidation sites excluding steroid dienone is 8. The number of nitrogens with zero attached hydrogens (tertiary/aromatic N) is 1. The molecule has 86 heavy (non-hydrogen) atoms. The van der Waals surface area contributed by atoms with Crippen LogP contribution in [0.4, 0.5) is 0 Å². The highest BCUT2D eigenvalue weighted by molar-refractivity contribution is 7.47. The Bertz CT molecular complexity index is 1540. The minimum absolute atomic E-state index is 0.0774. The lowest BCUT2D eigenvalue weighted by atomic mass is 10.0. The van der Waals surface area contributed by atoms with Gasteiger partial charge in [-0.3, -0.25) is 13.8 Å². The Kier molecular flexibility index (Phi) is 66.6. The van der Waals surface area contributed by atoms with E-state index in [-0.39, 0.29) is 19.1 Å². The molecule has 9 heteroatoms. The minimum atomic E-state index is -4.33. The fourth-order valence-electron chi connectivity index (χ4n) is 11.8. The van der Waals surface area contributed by atoms with Crippen molar-refractivity contribution in [2.75, 3.05) is 40.9 Å². The third-order valence-electron chi connectivity index (χ3n) is 17.6. The van der Waals surface area contributed by atoms with Crippen LogP contribution in [0, 0.1) is 0 Å². The minimum Gasteiger partial charge on any atom is -0.391 e. The SMILES string of the molecule is CC/C=C\C/C=C\C/C=C\C/C=C\CCCCCCCCCCCCCCCCCCCCCCCCCCCCCCC(=O)NC(COP(=O)(O)OCC[N+](C)(C)C)C(O)CCCCCCCCCCCCCCCCCCCCCCCCC. The fraction of sp³-hybridized carbons (Fsp3) is 0.883. The molecule has 3 N–H and O–H groups in total. The lowest BCUT2D eigenvalue weighted by molar-refractivity contribution is -0.870. The molecule has 8 nitrogen and oxygen atoms in total. The molecule has 0 bridgehead atoms. The van der Waals surface area contributed by atoms with Gasteiger partial charge in [0.25, 0.3) is 0 Å². The molecule has 3 unspecified atom stereocenters. The van der Waals surface area contributed by atoms with Crippen LogP contribution < -0.4 is 5.32 Å². The van der Waals surface area contributed by atoms with E-state index in [4.69, 9.17) is 9.05 Å². The number of hydrogen-bond donors (Lipinski definition) is 3. The molecule has 1 amide bonds. The molecule has 0 aromatic rings. The number of quaternary nitrogens is 1. The Morgan fingerprint density at radius 2 is 0.698 bits per heavy atom. The zero-order chi connectivity index (χ0) is 62.6. The zero-order valence-corrected chi connectivity index (χ0v) is 59.2. The highest BCUT2D eigenvalue weighted by Crippen LogP contribution is 2.43. The van der Waals surface area contributed by atoms with E-state index in [1.807, 2.05) is 21.1 Å². The second kappa shape index (κ2) is 67.8. The number of hydrogen-bond acceptors (Lipinski definition) is 5. The number of carbonyl (C=O) groups excluding carboxylic acids is 1. The van der Waals surface area contributed by atoms with Gasteiger partial charge in [-0.05, 0) is 51.4 Å². The Morgan fingerprint density at radius 3 is 1.02 bits per heavy atom. The predicted octanol–water partition coefficient (Wildman–Crippen LogP) is 24.6. The summed E-state index contributed by atoms with van der Waals surface area (Å²) < 4.78 is 23.9. The molecule has 0 aliphatic carbocycles. The number of unbranched alkanes of at least 4 members (excludes halogenated alkanes) is 50. The molecule has 0 rings (SSSR count). The average Bonchev–Trinajstić information content (AvgIpc) is 3.70. The Balaban J connectivity index is 3.87. The van der Waals surface area contributed by atoms with Crippen molar-refractivity contribution in [2.24, 2.45) is 0 Å². The highest BCUT2D eigenvalue weighted by Gasteiger charge is 2.28. The Hall–Kier alpha value is -1.54. The van der Waals surface area contributed by atoms with Crippen LogP contribution in [0.15, 0.2) is 48.6 Å². The Labute approximate surface area is 537 Å². The van der Waals surface area contributed by atoms with Crippen molar-refractivity contribution >= 4 is 13.7 Å². The predicted molar refractivity (Wildman–Crippen MR) is 378 cm³/mol. The smallest absolute Gasteiger partial charge is 0.391 e. The van der Waals surface area contributed by atoms with Gasteiger partial charge in [0.2, 0.25) is 5.91 Å². The number of amides is 1. The van der Waals surface area contributed by atoms with Gasteiger partial charge in [0.05, 0.1) is 39.9 Å². The quantitative estimate of drug-likeness (QED) is 0.0243. The van der Waals surface area contributed by atoms with E-state index in [2.05, 4.69) is 67.8 Å². The number of carbonyl (C=O) groups is 1. The molecule has 0 saturated carbocycles. The first-order chi connectivity index (χ1) is 42.0. The maximum Gasteiger partial charge on any atom is 0.472 e. The Morgan fingerprint density at radius 1 is 0.407 bits per heavy atom. The normalized spacial score (nSPS) is 13.8. The summed E-state index contributed by atoms with van der Waals surface area (Å²) in [7, 11) is 1.64. The maximum absolute atomic E-state index is 13.1. The second-order valence-corrected chi connectivity index (χ2v) is 28.8. The molecule has 0 spiro atoms. The number of phosphoric ester groups is 1. The van der Waals surface area contributed by atoms with Gasteiger partial charge in [-0.1, -0.05) is 377 Å². The first-order valence-corrected chi connectivity index (χ1v) is 39.5. The summed E-state index contributed by atoms with van der Waals surface area (Å²) in [5.74, 6) is -0.135. The molecular formula is C77H150N2O6P+. The van der Waals surface area contributed by atoms with E-state index in [0.29, 0.717) is 23.9 Å². The molecule has 0 fully saturated rings. The van der Waals surface area contributed by atoms with Crippen LogP contribution in [0.3, 0.4) is 0 Å². The topological polar surface area (TPSA) is 105 Å². The number of aliphatic hydroxyl groups excluding tert-OH is 1. The van der Waals surface area contributed by atoms with Gasteiger partial charge in [-0.25, -0.2) is 4.57 Å². The van der Waals surface area contributed by atoms with Crippen LogP contribution >= 0.6 is 7.82 Å². The first-order valence-electron chi connectivity index (χ1n) is 38.0. The number of phosphoric acid groups is 1. The van der Waals surface area contributed by atoms with Crippen molar-refractivity contribution in [1.82, 2.24) is 5.32 Å². The molecule has 0 radical (unpaired) electrons. The summed E-state index contributed by atoms with van der Waals surface area (Å²) in [4.78, 5) is 23.5. The number of rotatable bonds is 71. The van der Waals surface area contributed by atoms with Crippen LogP contribution in [-0.4, -0.2) is 73.4 Å². The van der Waals surface area contributed by atoms with E-state index < -0.39 is 20.0 Å². The zero-order valence-electron chi connectivity index (χ0n) is 58.3. The maximum atomic E-state index is 13.1. The van der Waals surface area contributed by atoms with Crippen LogP contribution in [0.1, 0.15) is 386 Å². The third kappa shape index (κ3) is 69.9. The van der Waals surface area contributed by atoms with E-state index in [1.54, 1.807) is 0 Å². The van der Waals surface area contributed by atoms with Crippen molar-refractivity contribution in [3.05, 3.63) is 48.6 Å². The second-order valence-electron chi connectivity index (χ2n) is 27.4. The van der Waals surface area contributed by atoms with Crippen molar-refractivity contribution < 1.29 is 32.9 Å². The summed E-state index contributed by atoms with van der Waals surface area (Å²) in [6, 6.07) is -0.760. The summed E-state index contributed by atoms with van der Waals surface area (Å²) in [5.41, 5.74) is 0. The molecular weight excluding hydrogens is 1080 g/mol. The van der Waals surface area contributed by atoms with Crippen LogP contribution in [0.5, 0.6) is 0 Å². The van der Waals surface area contributed by atoms with Gasteiger partial charge in [0, 0.05) is 6.42 Å². The third-order valence-corrected chi connectivity index (χ3v) is 18.6. The van der Waals surface area contributed by atoms with E-state index in [0.717, 1.165) is 64.2 Å². The molecule has 0 aliphatic rings. The first kappa shape index (κ1) is 84.5. The van der Waals surface area contributed by atoms with Gasteiger partial charge in [0.15, 0.2) is 0 Å². The van der Waals surface area contributed by atoms with Crippen molar-refractivity contribution in [1.29, 1.82) is 0 Å².